The van der Waals surface area contributed by atoms with Crippen LogP contribution in [-0.4, -0.2) is 15.3 Å². The van der Waals surface area contributed by atoms with Crippen LogP contribution in [0, 0.1) is 23.7 Å². The van der Waals surface area contributed by atoms with E-state index in [0.29, 0.717) is 10.8 Å². The molecule has 0 saturated heterocycles. The molecule has 4 heteroatoms. The summed E-state index contributed by atoms with van der Waals surface area (Å²) in [5, 5.41) is 8.34. The summed E-state index contributed by atoms with van der Waals surface area (Å²) in [6.07, 6.45) is 8.13. The molecule has 116 valence electrons. The Morgan fingerprint density at radius 3 is 2.24 bits per heavy atom. The van der Waals surface area contributed by atoms with Crippen LogP contribution in [-0.2, 0) is 7.05 Å². The molecule has 2 unspecified atom stereocenters. The van der Waals surface area contributed by atoms with Crippen molar-refractivity contribution in [1.82, 2.24) is 9.78 Å². The molecule has 4 saturated carbocycles. The van der Waals surface area contributed by atoms with Gasteiger partial charge in [0.15, 0.2) is 0 Å². The molecular formula is C17H28N4. The van der Waals surface area contributed by atoms with Crippen LogP contribution in [0.25, 0.3) is 0 Å². The predicted octanol–water partition coefficient (Wildman–Crippen LogP) is 3.47. The van der Waals surface area contributed by atoms with Gasteiger partial charge in [0, 0.05) is 12.6 Å². The summed E-state index contributed by atoms with van der Waals surface area (Å²) < 4.78 is 1.92. The summed E-state index contributed by atoms with van der Waals surface area (Å²) in [5.74, 6) is 1.92. The number of rotatable bonds is 2. The van der Waals surface area contributed by atoms with Crippen LogP contribution in [0.5, 0.6) is 0 Å². The van der Waals surface area contributed by atoms with E-state index in [-0.39, 0.29) is 5.54 Å². The minimum Gasteiger partial charge on any atom is -0.394 e. The highest BCUT2D eigenvalue weighted by molar-refractivity contribution is 5.65. The summed E-state index contributed by atoms with van der Waals surface area (Å²) >= 11 is 0. The van der Waals surface area contributed by atoms with Gasteiger partial charge in [0.1, 0.15) is 5.82 Å². The van der Waals surface area contributed by atoms with Crippen LogP contribution in [0.3, 0.4) is 0 Å². The van der Waals surface area contributed by atoms with Gasteiger partial charge in [-0.15, -0.1) is 0 Å². The highest BCUT2D eigenvalue weighted by Crippen LogP contribution is 2.66. The quantitative estimate of drug-likeness (QED) is 0.876. The molecule has 5 rings (SSSR count). The molecule has 4 nitrogen and oxygen atoms in total. The number of aromatic nitrogens is 2. The molecule has 0 aromatic carbocycles. The van der Waals surface area contributed by atoms with Crippen molar-refractivity contribution in [2.24, 2.45) is 23.8 Å². The van der Waals surface area contributed by atoms with E-state index in [2.05, 4.69) is 24.3 Å². The summed E-state index contributed by atoms with van der Waals surface area (Å²) in [7, 11) is 2.00. The van der Waals surface area contributed by atoms with Crippen molar-refractivity contribution in [2.45, 2.75) is 64.8 Å². The molecule has 0 aliphatic heterocycles. The van der Waals surface area contributed by atoms with Crippen LogP contribution >= 0.6 is 0 Å². The third kappa shape index (κ3) is 1.91. The zero-order valence-electron chi connectivity index (χ0n) is 13.8. The van der Waals surface area contributed by atoms with E-state index in [1.165, 1.54) is 38.5 Å². The summed E-state index contributed by atoms with van der Waals surface area (Å²) in [6, 6.07) is 0. The fourth-order valence-electron chi connectivity index (χ4n) is 6.66. The van der Waals surface area contributed by atoms with E-state index in [0.717, 1.165) is 23.1 Å². The highest BCUT2D eigenvalue weighted by atomic mass is 15.3. The zero-order chi connectivity index (χ0) is 15.0. The van der Waals surface area contributed by atoms with Gasteiger partial charge in [0.2, 0.25) is 0 Å². The van der Waals surface area contributed by atoms with Crippen LogP contribution < -0.4 is 11.1 Å². The summed E-state index contributed by atoms with van der Waals surface area (Å²) in [5.41, 5.74) is 9.28. The van der Waals surface area contributed by atoms with Crippen LogP contribution in [0.1, 0.15) is 58.1 Å². The molecule has 21 heavy (non-hydrogen) atoms. The number of nitrogens with zero attached hydrogens (tertiary/aromatic N) is 2. The third-order valence-corrected chi connectivity index (χ3v) is 6.28. The lowest BCUT2D eigenvalue weighted by atomic mass is 9.43. The van der Waals surface area contributed by atoms with Gasteiger partial charge < -0.3 is 11.1 Å². The Morgan fingerprint density at radius 2 is 1.76 bits per heavy atom. The lowest BCUT2D eigenvalue weighted by Gasteiger charge is -2.65. The maximum Gasteiger partial charge on any atom is 0.148 e. The van der Waals surface area contributed by atoms with Crippen LogP contribution in [0.15, 0.2) is 0 Å². The Labute approximate surface area is 127 Å². The maximum absolute atomic E-state index is 6.25. The fraction of sp³-hybridized carbons (Fsp3) is 0.824. The number of nitrogens with two attached hydrogens (primary N) is 1. The van der Waals surface area contributed by atoms with Gasteiger partial charge in [-0.2, -0.15) is 5.10 Å². The molecule has 4 aliphatic carbocycles. The van der Waals surface area contributed by atoms with Crippen molar-refractivity contribution in [3.8, 4) is 0 Å². The Hall–Kier alpha value is -1.19. The van der Waals surface area contributed by atoms with Crippen LogP contribution in [0.2, 0.25) is 0 Å². The number of anilines is 2. The van der Waals surface area contributed by atoms with E-state index in [4.69, 9.17) is 5.73 Å². The van der Waals surface area contributed by atoms with Gasteiger partial charge in [-0.1, -0.05) is 13.8 Å². The molecule has 1 aromatic heterocycles. The molecule has 4 aliphatic rings. The van der Waals surface area contributed by atoms with E-state index in [1.807, 2.05) is 18.7 Å². The second-order valence-electron chi connectivity index (χ2n) is 9.01. The smallest absolute Gasteiger partial charge is 0.148 e. The molecular weight excluding hydrogens is 260 g/mol. The number of nitrogen functional groups attached to an aromatic ring is 1. The number of aryl methyl sites for hydroxylation is 2. The van der Waals surface area contributed by atoms with Crippen molar-refractivity contribution in [3.63, 3.8) is 0 Å². The second kappa shape index (κ2) is 3.76. The Bertz CT molecular complexity index is 584. The second-order valence-corrected chi connectivity index (χ2v) is 9.01. The minimum atomic E-state index is 0.233. The fourth-order valence-corrected chi connectivity index (χ4v) is 6.66. The molecule has 0 spiro atoms. The number of nitrogens with one attached hydrogen (secondary N) is 1. The minimum absolute atomic E-state index is 0.233. The first kappa shape index (κ1) is 13.5. The van der Waals surface area contributed by atoms with E-state index in [1.54, 1.807) is 0 Å². The number of hydrogen-bond acceptors (Lipinski definition) is 3. The standard InChI is InChI=1S/C17H28N4/c1-11-13(18)14(21(4)20-11)19-17-7-12-5-15(2,9-17)8-16(3,6-12)10-17/h12,19H,5-10,18H2,1-4H3. The normalized spacial score (nSPS) is 44.3. The molecule has 3 N–H and O–H groups in total. The predicted molar refractivity (Wildman–Crippen MR) is 86.1 cm³/mol. The van der Waals surface area contributed by atoms with Gasteiger partial charge in [-0.05, 0) is 62.2 Å². The van der Waals surface area contributed by atoms with Crippen molar-refractivity contribution in [3.05, 3.63) is 5.69 Å². The Morgan fingerprint density at radius 1 is 1.14 bits per heavy atom. The first-order valence-corrected chi connectivity index (χ1v) is 8.29. The average Bonchev–Trinajstić information content (AvgIpc) is 2.51. The Balaban J connectivity index is 1.71. The van der Waals surface area contributed by atoms with Gasteiger partial charge in [-0.3, -0.25) is 4.68 Å². The topological polar surface area (TPSA) is 55.9 Å². The molecule has 4 bridgehead atoms. The van der Waals surface area contributed by atoms with Crippen molar-refractivity contribution >= 4 is 11.5 Å². The molecule has 1 heterocycles. The van der Waals surface area contributed by atoms with Crippen LogP contribution in [0.4, 0.5) is 11.5 Å². The van der Waals surface area contributed by atoms with Gasteiger partial charge >= 0.3 is 0 Å². The monoisotopic (exact) mass is 288 g/mol. The lowest BCUT2D eigenvalue weighted by molar-refractivity contribution is -0.0974. The molecule has 4 fully saturated rings. The van der Waals surface area contributed by atoms with Gasteiger partial charge in [0.25, 0.3) is 0 Å². The lowest BCUT2D eigenvalue weighted by Crippen LogP contribution is -2.61. The molecule has 2 atom stereocenters. The maximum atomic E-state index is 6.25. The Kier molecular flexibility index (Phi) is 2.42. The van der Waals surface area contributed by atoms with Crippen molar-refractivity contribution in [2.75, 3.05) is 11.1 Å². The third-order valence-electron chi connectivity index (χ3n) is 6.28. The number of hydrogen-bond donors (Lipinski definition) is 2. The molecule has 0 amide bonds. The summed E-state index contributed by atoms with van der Waals surface area (Å²) in [6.45, 7) is 7.00. The highest BCUT2D eigenvalue weighted by Gasteiger charge is 2.60. The van der Waals surface area contributed by atoms with Crippen molar-refractivity contribution in [1.29, 1.82) is 0 Å². The largest absolute Gasteiger partial charge is 0.394 e. The van der Waals surface area contributed by atoms with Gasteiger partial charge in [-0.25, -0.2) is 0 Å². The molecule has 1 aromatic rings. The summed E-state index contributed by atoms with van der Waals surface area (Å²) in [4.78, 5) is 0. The first-order valence-electron chi connectivity index (χ1n) is 8.29. The first-order chi connectivity index (χ1) is 9.72. The molecule has 0 radical (unpaired) electrons. The zero-order valence-corrected chi connectivity index (χ0v) is 13.8. The van der Waals surface area contributed by atoms with E-state index < -0.39 is 0 Å². The average molecular weight is 288 g/mol. The van der Waals surface area contributed by atoms with Crippen molar-refractivity contribution < 1.29 is 0 Å². The van der Waals surface area contributed by atoms with E-state index >= 15 is 0 Å². The SMILES string of the molecule is Cc1nn(C)c(NC23CC4CC(C)(CC(C)(C4)C2)C3)c1N. The van der Waals surface area contributed by atoms with Gasteiger partial charge in [0.05, 0.1) is 11.4 Å². The van der Waals surface area contributed by atoms with E-state index in [9.17, 15) is 0 Å².